The van der Waals surface area contributed by atoms with E-state index in [1.54, 1.807) is 24.2 Å². The normalized spacial score (nSPS) is 13.4. The Morgan fingerprint density at radius 2 is 2.11 bits per heavy atom. The van der Waals surface area contributed by atoms with E-state index in [2.05, 4.69) is 15.5 Å². The number of carbonyl (C=O) groups is 2. The molecule has 8 nitrogen and oxygen atoms in total. The van der Waals surface area contributed by atoms with Crippen molar-refractivity contribution < 1.29 is 9.59 Å². The number of benzene rings is 1. The van der Waals surface area contributed by atoms with E-state index in [9.17, 15) is 9.59 Å². The first-order valence-corrected chi connectivity index (χ1v) is 9.05. The van der Waals surface area contributed by atoms with Crippen molar-refractivity contribution in [1.82, 2.24) is 24.5 Å². The van der Waals surface area contributed by atoms with Crippen LogP contribution < -0.4 is 5.32 Å². The van der Waals surface area contributed by atoms with E-state index in [0.717, 1.165) is 28.8 Å². The van der Waals surface area contributed by atoms with Crippen LogP contribution in [-0.4, -0.2) is 43.3 Å². The molecule has 0 bridgehead atoms. The summed E-state index contributed by atoms with van der Waals surface area (Å²) in [5.74, 6) is -0.124. The van der Waals surface area contributed by atoms with Gasteiger partial charge in [0, 0.05) is 37.8 Å². The number of hydrogen-bond acceptors (Lipinski definition) is 4. The van der Waals surface area contributed by atoms with Crippen molar-refractivity contribution in [2.45, 2.75) is 39.9 Å². The molecule has 0 atom stereocenters. The molecule has 2 aromatic heterocycles. The van der Waals surface area contributed by atoms with Gasteiger partial charge in [-0.1, -0.05) is 6.07 Å². The first-order valence-electron chi connectivity index (χ1n) is 9.05. The minimum atomic E-state index is -0.113. The standard InChI is InChI=1S/C19H22N6O2/c1-4-24-16-10-20-25(18(16)12(2)22-24)8-7-17(26)21-14-6-5-13-11-23(3)19(27)15(13)9-14/h5-6,9-10H,4,7-8,11H2,1-3H3,(H,21,26). The smallest absolute Gasteiger partial charge is 0.254 e. The zero-order valence-electron chi connectivity index (χ0n) is 15.7. The lowest BCUT2D eigenvalue weighted by Gasteiger charge is -2.07. The Kier molecular flexibility index (Phi) is 4.18. The molecule has 8 heteroatoms. The molecule has 0 aliphatic carbocycles. The van der Waals surface area contributed by atoms with Crippen molar-refractivity contribution in [3.05, 3.63) is 41.2 Å². The van der Waals surface area contributed by atoms with Crippen LogP contribution in [0.4, 0.5) is 5.69 Å². The second kappa shape index (κ2) is 6.53. The van der Waals surface area contributed by atoms with Crippen LogP contribution in [0, 0.1) is 6.92 Å². The summed E-state index contributed by atoms with van der Waals surface area (Å²) in [7, 11) is 1.77. The molecule has 4 rings (SSSR count). The fraction of sp³-hybridized carbons (Fsp3) is 0.368. The van der Waals surface area contributed by atoms with Crippen LogP contribution >= 0.6 is 0 Å². The summed E-state index contributed by atoms with van der Waals surface area (Å²) in [5.41, 5.74) is 5.15. The third kappa shape index (κ3) is 2.97. The van der Waals surface area contributed by atoms with Gasteiger partial charge in [0.05, 0.1) is 18.4 Å². The van der Waals surface area contributed by atoms with Gasteiger partial charge in [-0.25, -0.2) is 0 Å². The van der Waals surface area contributed by atoms with Gasteiger partial charge in [0.25, 0.3) is 5.91 Å². The first kappa shape index (κ1) is 17.3. The zero-order valence-corrected chi connectivity index (χ0v) is 15.7. The van der Waals surface area contributed by atoms with Crippen molar-refractivity contribution in [3.8, 4) is 0 Å². The molecule has 27 heavy (non-hydrogen) atoms. The zero-order chi connectivity index (χ0) is 19.1. The van der Waals surface area contributed by atoms with Crippen molar-refractivity contribution in [1.29, 1.82) is 0 Å². The van der Waals surface area contributed by atoms with E-state index in [1.165, 1.54) is 0 Å². The van der Waals surface area contributed by atoms with Crippen molar-refractivity contribution in [2.75, 3.05) is 12.4 Å². The molecule has 2 amide bonds. The number of fused-ring (bicyclic) bond motifs is 2. The molecule has 0 unspecified atom stereocenters. The molecule has 1 aliphatic heterocycles. The number of nitrogens with one attached hydrogen (secondary N) is 1. The number of rotatable bonds is 5. The highest BCUT2D eigenvalue weighted by atomic mass is 16.2. The average Bonchev–Trinajstić information content (AvgIpc) is 3.29. The number of carbonyl (C=O) groups excluding carboxylic acids is 2. The van der Waals surface area contributed by atoms with Crippen molar-refractivity contribution >= 4 is 28.5 Å². The minimum Gasteiger partial charge on any atom is -0.337 e. The summed E-state index contributed by atoms with van der Waals surface area (Å²) in [4.78, 5) is 26.1. The fourth-order valence-corrected chi connectivity index (χ4v) is 3.58. The van der Waals surface area contributed by atoms with E-state index in [1.807, 2.05) is 35.3 Å². The SMILES string of the molecule is CCn1nc(C)c2c1cnn2CCC(=O)Nc1ccc2c(c1)C(=O)N(C)C2. The maximum atomic E-state index is 12.4. The quantitative estimate of drug-likeness (QED) is 0.750. The second-order valence-corrected chi connectivity index (χ2v) is 6.83. The van der Waals surface area contributed by atoms with Crippen LogP contribution in [0.2, 0.25) is 0 Å². The lowest BCUT2D eigenvalue weighted by Crippen LogP contribution is -2.18. The number of hydrogen-bond donors (Lipinski definition) is 1. The van der Waals surface area contributed by atoms with Crippen LogP contribution in [0.25, 0.3) is 11.0 Å². The number of aromatic nitrogens is 4. The molecule has 1 N–H and O–H groups in total. The Hall–Kier alpha value is -3.16. The lowest BCUT2D eigenvalue weighted by atomic mass is 10.1. The molecule has 3 aromatic rings. The summed E-state index contributed by atoms with van der Waals surface area (Å²) in [6.45, 7) is 5.85. The summed E-state index contributed by atoms with van der Waals surface area (Å²) < 4.78 is 3.73. The van der Waals surface area contributed by atoms with Gasteiger partial charge >= 0.3 is 0 Å². The van der Waals surface area contributed by atoms with E-state index in [0.29, 0.717) is 30.8 Å². The first-order chi connectivity index (χ1) is 13.0. The van der Waals surface area contributed by atoms with E-state index in [4.69, 9.17) is 0 Å². The largest absolute Gasteiger partial charge is 0.337 e. The molecule has 0 radical (unpaired) electrons. The lowest BCUT2D eigenvalue weighted by molar-refractivity contribution is -0.116. The molecular formula is C19H22N6O2. The second-order valence-electron chi connectivity index (χ2n) is 6.83. The van der Waals surface area contributed by atoms with Gasteiger partial charge in [0.15, 0.2) is 0 Å². The fourth-order valence-electron chi connectivity index (χ4n) is 3.58. The molecule has 0 saturated heterocycles. The molecule has 3 heterocycles. The summed E-state index contributed by atoms with van der Waals surface area (Å²) in [6.07, 6.45) is 2.08. The van der Waals surface area contributed by atoms with Gasteiger partial charge < -0.3 is 10.2 Å². The van der Waals surface area contributed by atoms with Crippen LogP contribution in [0.15, 0.2) is 24.4 Å². The maximum absolute atomic E-state index is 12.4. The highest BCUT2D eigenvalue weighted by molar-refractivity contribution is 6.00. The Bertz CT molecular complexity index is 1050. The maximum Gasteiger partial charge on any atom is 0.254 e. The van der Waals surface area contributed by atoms with Gasteiger partial charge in [-0.2, -0.15) is 10.2 Å². The molecule has 0 fully saturated rings. The van der Waals surface area contributed by atoms with Crippen LogP contribution in [0.3, 0.4) is 0 Å². The molecule has 140 valence electrons. The summed E-state index contributed by atoms with van der Waals surface area (Å²) in [6, 6.07) is 5.48. The Balaban J connectivity index is 1.44. The van der Waals surface area contributed by atoms with Gasteiger partial charge in [-0.3, -0.25) is 19.0 Å². The average molecular weight is 366 g/mol. The van der Waals surface area contributed by atoms with E-state index in [-0.39, 0.29) is 11.8 Å². The predicted octanol–water partition coefficient (Wildman–Crippen LogP) is 2.18. The van der Waals surface area contributed by atoms with Crippen LogP contribution in [0.1, 0.15) is 35.0 Å². The Labute approximate surface area is 156 Å². The van der Waals surface area contributed by atoms with E-state index < -0.39 is 0 Å². The van der Waals surface area contributed by atoms with Gasteiger partial charge in [0.1, 0.15) is 11.0 Å². The van der Waals surface area contributed by atoms with Crippen molar-refractivity contribution in [3.63, 3.8) is 0 Å². The Morgan fingerprint density at radius 3 is 2.89 bits per heavy atom. The highest BCUT2D eigenvalue weighted by Crippen LogP contribution is 2.25. The van der Waals surface area contributed by atoms with Gasteiger partial charge in [-0.15, -0.1) is 0 Å². The summed E-state index contributed by atoms with van der Waals surface area (Å²) in [5, 5.41) is 11.8. The minimum absolute atomic E-state index is 0.0107. The monoisotopic (exact) mass is 366 g/mol. The van der Waals surface area contributed by atoms with Gasteiger partial charge in [-0.05, 0) is 31.5 Å². The number of aryl methyl sites for hydroxylation is 3. The van der Waals surface area contributed by atoms with Crippen molar-refractivity contribution in [2.24, 2.45) is 0 Å². The highest BCUT2D eigenvalue weighted by Gasteiger charge is 2.24. The summed E-state index contributed by atoms with van der Waals surface area (Å²) >= 11 is 0. The molecule has 1 aromatic carbocycles. The van der Waals surface area contributed by atoms with E-state index >= 15 is 0 Å². The Morgan fingerprint density at radius 1 is 1.30 bits per heavy atom. The molecule has 0 saturated carbocycles. The number of amides is 2. The van der Waals surface area contributed by atoms with Gasteiger partial charge in [0.2, 0.25) is 5.91 Å². The van der Waals surface area contributed by atoms with Crippen LogP contribution in [-0.2, 0) is 24.4 Å². The molecular weight excluding hydrogens is 344 g/mol. The van der Waals surface area contributed by atoms with Crippen LogP contribution in [0.5, 0.6) is 0 Å². The third-order valence-electron chi connectivity index (χ3n) is 4.94. The third-order valence-corrected chi connectivity index (χ3v) is 4.94. The number of anilines is 1. The topological polar surface area (TPSA) is 85.0 Å². The number of nitrogens with zero attached hydrogens (tertiary/aromatic N) is 5. The molecule has 0 spiro atoms. The predicted molar refractivity (Wildman–Crippen MR) is 101 cm³/mol. The molecule has 1 aliphatic rings.